The van der Waals surface area contributed by atoms with Crippen molar-refractivity contribution in [3.63, 3.8) is 0 Å². The number of nitro benzene ring substituents is 1. The topological polar surface area (TPSA) is 110 Å². The van der Waals surface area contributed by atoms with E-state index in [1.54, 1.807) is 0 Å². The molecule has 1 aliphatic rings. The van der Waals surface area contributed by atoms with E-state index < -0.39 is 4.92 Å². The lowest BCUT2D eigenvalue weighted by Crippen LogP contribution is -2.27. The summed E-state index contributed by atoms with van der Waals surface area (Å²) < 4.78 is 0. The first-order chi connectivity index (χ1) is 9.58. The molecule has 1 saturated heterocycles. The van der Waals surface area contributed by atoms with Gasteiger partial charge in [-0.2, -0.15) is 0 Å². The van der Waals surface area contributed by atoms with Crippen molar-refractivity contribution in [2.75, 3.05) is 25.4 Å². The molecule has 0 bridgehead atoms. The van der Waals surface area contributed by atoms with Crippen LogP contribution >= 0.6 is 12.4 Å². The molecule has 21 heavy (non-hydrogen) atoms. The van der Waals surface area contributed by atoms with Gasteiger partial charge in [-0.25, -0.2) is 0 Å². The number of nitrogens with one attached hydrogen (secondary N) is 2. The number of halogens is 1. The van der Waals surface area contributed by atoms with E-state index in [1.807, 2.05) is 0 Å². The Labute approximate surface area is 128 Å². The van der Waals surface area contributed by atoms with E-state index in [4.69, 9.17) is 5.73 Å². The van der Waals surface area contributed by atoms with Crippen LogP contribution in [0.3, 0.4) is 0 Å². The fourth-order valence-corrected chi connectivity index (χ4v) is 2.30. The molecule has 7 nitrogen and oxygen atoms in total. The zero-order valence-electron chi connectivity index (χ0n) is 11.5. The van der Waals surface area contributed by atoms with Crippen molar-refractivity contribution in [2.45, 2.75) is 12.8 Å². The zero-order chi connectivity index (χ0) is 14.5. The van der Waals surface area contributed by atoms with Crippen molar-refractivity contribution in [2.24, 2.45) is 5.92 Å². The molecule has 1 aromatic carbocycles. The third kappa shape index (κ3) is 4.57. The van der Waals surface area contributed by atoms with Gasteiger partial charge in [-0.1, -0.05) is 0 Å². The number of nitrogens with zero attached hydrogens (tertiary/aromatic N) is 1. The molecule has 1 fully saturated rings. The lowest BCUT2D eigenvalue weighted by molar-refractivity contribution is -0.384. The summed E-state index contributed by atoms with van der Waals surface area (Å²) in [6.07, 6.45) is 2.02. The number of hydrogen-bond donors (Lipinski definition) is 3. The number of carbonyl (C=O) groups excluding carboxylic acids is 1. The quantitative estimate of drug-likeness (QED) is 0.431. The van der Waals surface area contributed by atoms with Crippen LogP contribution in [0.1, 0.15) is 23.2 Å². The van der Waals surface area contributed by atoms with Gasteiger partial charge in [-0.15, -0.1) is 12.4 Å². The highest BCUT2D eigenvalue weighted by Crippen LogP contribution is 2.19. The predicted molar refractivity (Wildman–Crippen MR) is 82.7 cm³/mol. The maximum Gasteiger partial charge on any atom is 0.270 e. The maximum atomic E-state index is 12.0. The summed E-state index contributed by atoms with van der Waals surface area (Å²) in [6, 6.07) is 3.88. The first-order valence-electron chi connectivity index (χ1n) is 6.60. The normalized spacial score (nSPS) is 17.0. The fraction of sp³-hybridized carbons (Fsp3) is 0.462. The van der Waals surface area contributed by atoms with E-state index in [0.29, 0.717) is 12.5 Å². The summed E-state index contributed by atoms with van der Waals surface area (Å²) >= 11 is 0. The second-order valence-electron chi connectivity index (χ2n) is 4.93. The van der Waals surface area contributed by atoms with E-state index in [2.05, 4.69) is 10.6 Å². The van der Waals surface area contributed by atoms with Crippen LogP contribution < -0.4 is 16.4 Å². The number of carbonyl (C=O) groups is 1. The van der Waals surface area contributed by atoms with Gasteiger partial charge in [0.15, 0.2) is 0 Å². The number of nitro groups is 1. The number of benzene rings is 1. The Kier molecular flexibility index (Phi) is 6.39. The summed E-state index contributed by atoms with van der Waals surface area (Å²) in [5.74, 6) is 0.218. The van der Waals surface area contributed by atoms with Crippen molar-refractivity contribution in [1.82, 2.24) is 10.6 Å². The number of amides is 1. The lowest BCUT2D eigenvalue weighted by Gasteiger charge is -2.10. The van der Waals surface area contributed by atoms with Crippen molar-refractivity contribution < 1.29 is 9.72 Å². The molecule has 0 radical (unpaired) electrons. The average molecular weight is 315 g/mol. The highest BCUT2D eigenvalue weighted by atomic mass is 35.5. The van der Waals surface area contributed by atoms with Crippen molar-refractivity contribution in [1.29, 1.82) is 0 Å². The second kappa shape index (κ2) is 7.80. The van der Waals surface area contributed by atoms with Crippen LogP contribution in [0.25, 0.3) is 0 Å². The van der Waals surface area contributed by atoms with Gasteiger partial charge in [-0.3, -0.25) is 14.9 Å². The number of non-ortho nitro benzene ring substituents is 1. The van der Waals surface area contributed by atoms with E-state index in [0.717, 1.165) is 25.9 Å². The summed E-state index contributed by atoms with van der Waals surface area (Å²) in [7, 11) is 0. The number of anilines is 1. The lowest BCUT2D eigenvalue weighted by atomic mass is 10.1. The molecule has 0 spiro atoms. The van der Waals surface area contributed by atoms with E-state index in [1.165, 1.54) is 18.2 Å². The smallest absolute Gasteiger partial charge is 0.270 e. The molecule has 2 rings (SSSR count). The minimum absolute atomic E-state index is 0. The van der Waals surface area contributed by atoms with Crippen molar-refractivity contribution in [3.8, 4) is 0 Å². The molecule has 1 unspecified atom stereocenters. The summed E-state index contributed by atoms with van der Waals surface area (Å²) in [5.41, 5.74) is 5.96. The van der Waals surface area contributed by atoms with Crippen LogP contribution in [0, 0.1) is 16.0 Å². The molecular weight excluding hydrogens is 296 g/mol. The predicted octanol–water partition coefficient (Wildman–Crippen LogP) is 1.33. The number of nitrogens with two attached hydrogens (primary N) is 1. The van der Waals surface area contributed by atoms with Crippen LogP contribution in [-0.2, 0) is 0 Å². The van der Waals surface area contributed by atoms with Crippen LogP contribution in [0.2, 0.25) is 0 Å². The van der Waals surface area contributed by atoms with Gasteiger partial charge in [0.1, 0.15) is 0 Å². The number of hydrogen-bond acceptors (Lipinski definition) is 5. The summed E-state index contributed by atoms with van der Waals surface area (Å²) in [4.78, 5) is 22.1. The average Bonchev–Trinajstić information content (AvgIpc) is 2.92. The van der Waals surface area contributed by atoms with Gasteiger partial charge in [-0.05, 0) is 37.9 Å². The maximum absolute atomic E-state index is 12.0. The molecule has 116 valence electrons. The van der Waals surface area contributed by atoms with Crippen LogP contribution in [0.5, 0.6) is 0 Å². The Morgan fingerprint density at radius 1 is 1.52 bits per heavy atom. The Hall–Kier alpha value is -1.86. The molecule has 0 aromatic heterocycles. The molecule has 1 heterocycles. The molecule has 1 atom stereocenters. The van der Waals surface area contributed by atoms with Crippen LogP contribution in [0.15, 0.2) is 18.2 Å². The molecule has 4 N–H and O–H groups in total. The van der Waals surface area contributed by atoms with Gasteiger partial charge in [0.25, 0.3) is 11.6 Å². The Balaban J connectivity index is 0.00000220. The van der Waals surface area contributed by atoms with Crippen LogP contribution in [0.4, 0.5) is 11.4 Å². The van der Waals surface area contributed by atoms with E-state index in [-0.39, 0.29) is 35.3 Å². The number of nitrogen functional groups attached to an aromatic ring is 1. The largest absolute Gasteiger partial charge is 0.398 e. The van der Waals surface area contributed by atoms with Gasteiger partial charge in [0.05, 0.1) is 10.5 Å². The molecule has 1 aliphatic heterocycles. The molecule has 0 saturated carbocycles. The standard InChI is InChI=1S/C13H18N4O3.ClH/c14-12-2-1-10(17(19)20)7-11(12)13(18)16-6-4-9-3-5-15-8-9;/h1-2,7,9,15H,3-6,8,14H2,(H,16,18);1H. The minimum atomic E-state index is -0.541. The van der Waals surface area contributed by atoms with E-state index in [9.17, 15) is 14.9 Å². The van der Waals surface area contributed by atoms with Gasteiger partial charge >= 0.3 is 0 Å². The first-order valence-corrected chi connectivity index (χ1v) is 6.60. The highest BCUT2D eigenvalue weighted by Gasteiger charge is 2.17. The van der Waals surface area contributed by atoms with Gasteiger partial charge < -0.3 is 16.4 Å². The molecular formula is C13H19ClN4O3. The third-order valence-corrected chi connectivity index (χ3v) is 3.49. The molecule has 0 aliphatic carbocycles. The Morgan fingerprint density at radius 2 is 2.29 bits per heavy atom. The monoisotopic (exact) mass is 314 g/mol. The summed E-state index contributed by atoms with van der Waals surface area (Å²) in [6.45, 7) is 2.55. The molecule has 1 aromatic rings. The fourth-order valence-electron chi connectivity index (χ4n) is 2.30. The van der Waals surface area contributed by atoms with Crippen molar-refractivity contribution >= 4 is 29.7 Å². The SMILES string of the molecule is Cl.Nc1ccc([N+](=O)[O-])cc1C(=O)NCCC1CCNC1. The van der Waals surface area contributed by atoms with Gasteiger partial charge in [0.2, 0.25) is 0 Å². The Morgan fingerprint density at radius 3 is 2.90 bits per heavy atom. The molecule has 8 heteroatoms. The van der Waals surface area contributed by atoms with Crippen molar-refractivity contribution in [3.05, 3.63) is 33.9 Å². The third-order valence-electron chi connectivity index (χ3n) is 3.49. The summed E-state index contributed by atoms with van der Waals surface area (Å²) in [5, 5.41) is 16.7. The second-order valence-corrected chi connectivity index (χ2v) is 4.93. The first kappa shape index (κ1) is 17.2. The number of rotatable bonds is 5. The Bertz CT molecular complexity index is 518. The minimum Gasteiger partial charge on any atom is -0.398 e. The van der Waals surface area contributed by atoms with Gasteiger partial charge in [0, 0.05) is 24.4 Å². The zero-order valence-corrected chi connectivity index (χ0v) is 12.3. The van der Waals surface area contributed by atoms with E-state index >= 15 is 0 Å². The highest BCUT2D eigenvalue weighted by molar-refractivity contribution is 5.99. The van der Waals surface area contributed by atoms with Crippen LogP contribution in [-0.4, -0.2) is 30.5 Å². The molecule has 1 amide bonds.